The summed E-state index contributed by atoms with van der Waals surface area (Å²) in [4.78, 5) is 35.7. The molecule has 126 valence electrons. The normalized spacial score (nSPS) is 11.7. The molecule has 0 fully saturated rings. The zero-order chi connectivity index (χ0) is 17.9. The third-order valence-corrected chi connectivity index (χ3v) is 4.11. The number of halogens is 2. The van der Waals surface area contributed by atoms with E-state index in [1.54, 1.807) is 19.2 Å². The van der Waals surface area contributed by atoms with Gasteiger partial charge in [-0.25, -0.2) is 0 Å². The van der Waals surface area contributed by atoms with E-state index in [1.165, 1.54) is 35.9 Å². The van der Waals surface area contributed by atoms with Crippen molar-refractivity contribution in [2.45, 2.75) is 13.0 Å². The summed E-state index contributed by atoms with van der Waals surface area (Å²) in [6, 6.07) is 6.69. The minimum Gasteiger partial charge on any atom is -0.340 e. The van der Waals surface area contributed by atoms with E-state index in [2.05, 4.69) is 10.6 Å². The van der Waals surface area contributed by atoms with Crippen LogP contribution in [0.25, 0.3) is 0 Å². The number of anilines is 1. The van der Waals surface area contributed by atoms with Crippen molar-refractivity contribution < 1.29 is 9.59 Å². The van der Waals surface area contributed by atoms with Crippen LogP contribution in [0.2, 0.25) is 10.0 Å². The largest absolute Gasteiger partial charge is 0.340 e. The highest BCUT2D eigenvalue weighted by Crippen LogP contribution is 2.25. The van der Waals surface area contributed by atoms with Gasteiger partial charge in [-0.15, -0.1) is 0 Å². The zero-order valence-electron chi connectivity index (χ0n) is 13.0. The molecule has 2 N–H and O–H groups in total. The van der Waals surface area contributed by atoms with Crippen molar-refractivity contribution in [2.24, 2.45) is 7.05 Å². The van der Waals surface area contributed by atoms with Crippen LogP contribution in [0.15, 0.2) is 41.3 Å². The standard InChI is InChI=1S/C16H15Cl2N3O3/c1-9(15(23)20-10-6-7-13(22)21(2)8-10)19-16(24)11-4-3-5-12(17)14(11)18/h3-9H,1-2H3,(H,19,24)(H,20,23). The van der Waals surface area contributed by atoms with E-state index in [0.717, 1.165) is 0 Å². The molecular formula is C16H15Cl2N3O3. The molecule has 0 saturated carbocycles. The average Bonchev–Trinajstić information content (AvgIpc) is 2.53. The van der Waals surface area contributed by atoms with Crippen molar-refractivity contribution >= 4 is 40.7 Å². The van der Waals surface area contributed by atoms with E-state index in [-0.39, 0.29) is 21.2 Å². The molecule has 2 amide bonds. The minimum absolute atomic E-state index is 0.127. The number of rotatable bonds is 4. The molecular weight excluding hydrogens is 353 g/mol. The van der Waals surface area contributed by atoms with Crippen LogP contribution < -0.4 is 16.2 Å². The maximum absolute atomic E-state index is 12.2. The maximum atomic E-state index is 12.2. The molecule has 8 heteroatoms. The Morgan fingerprint density at radius 1 is 1.17 bits per heavy atom. The lowest BCUT2D eigenvalue weighted by Gasteiger charge is -2.15. The van der Waals surface area contributed by atoms with Crippen molar-refractivity contribution in [3.8, 4) is 0 Å². The van der Waals surface area contributed by atoms with Crippen molar-refractivity contribution in [1.29, 1.82) is 0 Å². The highest BCUT2D eigenvalue weighted by molar-refractivity contribution is 6.43. The first-order chi connectivity index (χ1) is 11.3. The SMILES string of the molecule is CC(NC(=O)c1cccc(Cl)c1Cl)C(=O)Nc1ccc(=O)n(C)c1. The van der Waals surface area contributed by atoms with E-state index in [4.69, 9.17) is 23.2 Å². The topological polar surface area (TPSA) is 80.2 Å². The highest BCUT2D eigenvalue weighted by Gasteiger charge is 2.19. The summed E-state index contributed by atoms with van der Waals surface area (Å²) < 4.78 is 1.34. The second-order valence-electron chi connectivity index (χ2n) is 5.15. The number of aryl methyl sites for hydroxylation is 1. The van der Waals surface area contributed by atoms with Gasteiger partial charge in [0.2, 0.25) is 11.5 Å². The van der Waals surface area contributed by atoms with E-state index >= 15 is 0 Å². The number of hydrogen-bond donors (Lipinski definition) is 2. The van der Waals surface area contributed by atoms with Crippen molar-refractivity contribution in [3.05, 3.63) is 62.5 Å². The summed E-state index contributed by atoms with van der Waals surface area (Å²) in [5.74, 6) is -0.939. The number of carbonyl (C=O) groups excluding carboxylic acids is 2. The molecule has 0 radical (unpaired) electrons. The van der Waals surface area contributed by atoms with Crippen LogP contribution in [0.1, 0.15) is 17.3 Å². The lowest BCUT2D eigenvalue weighted by atomic mass is 10.2. The first-order valence-corrected chi connectivity index (χ1v) is 7.77. The molecule has 2 rings (SSSR count). The fraction of sp³-hybridized carbons (Fsp3) is 0.188. The van der Waals surface area contributed by atoms with Gasteiger partial charge in [0.05, 0.1) is 21.3 Å². The minimum atomic E-state index is -0.815. The van der Waals surface area contributed by atoms with Gasteiger partial charge < -0.3 is 15.2 Å². The Morgan fingerprint density at radius 3 is 2.54 bits per heavy atom. The summed E-state index contributed by atoms with van der Waals surface area (Å²) in [5.41, 5.74) is 0.444. The number of amides is 2. The Morgan fingerprint density at radius 2 is 1.88 bits per heavy atom. The molecule has 6 nitrogen and oxygen atoms in total. The van der Waals surface area contributed by atoms with Crippen LogP contribution in [-0.2, 0) is 11.8 Å². The smallest absolute Gasteiger partial charge is 0.253 e. The van der Waals surface area contributed by atoms with Gasteiger partial charge in [-0.05, 0) is 25.1 Å². The molecule has 0 saturated heterocycles. The maximum Gasteiger partial charge on any atom is 0.253 e. The summed E-state index contributed by atoms with van der Waals surface area (Å²) in [5, 5.41) is 5.55. The number of pyridine rings is 1. The highest BCUT2D eigenvalue weighted by atomic mass is 35.5. The van der Waals surface area contributed by atoms with E-state index in [9.17, 15) is 14.4 Å². The Balaban J connectivity index is 2.05. The molecule has 0 bridgehead atoms. The summed E-state index contributed by atoms with van der Waals surface area (Å²) in [6.45, 7) is 1.54. The Labute approximate surface area is 148 Å². The molecule has 1 atom stereocenters. The molecule has 2 aromatic rings. The van der Waals surface area contributed by atoms with Crippen LogP contribution in [0.5, 0.6) is 0 Å². The number of benzene rings is 1. The van der Waals surface area contributed by atoms with E-state index < -0.39 is 17.9 Å². The summed E-state index contributed by atoms with van der Waals surface area (Å²) in [6.07, 6.45) is 1.49. The Hall–Kier alpha value is -2.31. The van der Waals surface area contributed by atoms with Gasteiger partial charge in [-0.3, -0.25) is 14.4 Å². The molecule has 1 heterocycles. The molecule has 0 aliphatic carbocycles. The van der Waals surface area contributed by atoms with Gasteiger partial charge in [0.15, 0.2) is 0 Å². The van der Waals surface area contributed by atoms with Gasteiger partial charge in [0.1, 0.15) is 6.04 Å². The number of hydrogen-bond acceptors (Lipinski definition) is 3. The third kappa shape index (κ3) is 4.15. The number of carbonyl (C=O) groups is 2. The first kappa shape index (κ1) is 18.0. The predicted molar refractivity (Wildman–Crippen MR) is 93.7 cm³/mol. The average molecular weight is 368 g/mol. The molecule has 0 spiro atoms. The van der Waals surface area contributed by atoms with Gasteiger partial charge in [-0.1, -0.05) is 29.3 Å². The van der Waals surface area contributed by atoms with Crippen molar-refractivity contribution in [1.82, 2.24) is 9.88 Å². The Bertz CT molecular complexity index is 849. The number of aromatic nitrogens is 1. The van der Waals surface area contributed by atoms with Crippen LogP contribution in [0.3, 0.4) is 0 Å². The summed E-state index contributed by atoms with van der Waals surface area (Å²) >= 11 is 11.9. The monoisotopic (exact) mass is 367 g/mol. The number of nitrogens with one attached hydrogen (secondary N) is 2. The van der Waals surface area contributed by atoms with Crippen molar-refractivity contribution in [2.75, 3.05) is 5.32 Å². The van der Waals surface area contributed by atoms with Crippen LogP contribution in [-0.4, -0.2) is 22.4 Å². The van der Waals surface area contributed by atoms with E-state index in [0.29, 0.717) is 5.69 Å². The predicted octanol–water partition coefficient (Wildman–Crippen LogP) is 2.45. The molecule has 0 aliphatic rings. The van der Waals surface area contributed by atoms with Crippen molar-refractivity contribution in [3.63, 3.8) is 0 Å². The van der Waals surface area contributed by atoms with Crippen LogP contribution >= 0.6 is 23.2 Å². The zero-order valence-corrected chi connectivity index (χ0v) is 14.5. The fourth-order valence-corrected chi connectivity index (χ4v) is 2.32. The lowest BCUT2D eigenvalue weighted by molar-refractivity contribution is -0.117. The van der Waals surface area contributed by atoms with Gasteiger partial charge >= 0.3 is 0 Å². The molecule has 1 unspecified atom stereocenters. The van der Waals surface area contributed by atoms with Gasteiger partial charge in [0, 0.05) is 19.3 Å². The molecule has 24 heavy (non-hydrogen) atoms. The van der Waals surface area contributed by atoms with Crippen LogP contribution in [0.4, 0.5) is 5.69 Å². The lowest BCUT2D eigenvalue weighted by Crippen LogP contribution is -2.41. The molecule has 0 aliphatic heterocycles. The van der Waals surface area contributed by atoms with Crippen LogP contribution in [0, 0.1) is 0 Å². The second-order valence-corrected chi connectivity index (χ2v) is 5.94. The molecule has 1 aromatic heterocycles. The third-order valence-electron chi connectivity index (χ3n) is 3.29. The summed E-state index contributed by atoms with van der Waals surface area (Å²) in [7, 11) is 1.57. The van der Waals surface area contributed by atoms with E-state index in [1.807, 2.05) is 0 Å². The van der Waals surface area contributed by atoms with Gasteiger partial charge in [0.25, 0.3) is 5.91 Å². The second kappa shape index (κ2) is 7.51. The first-order valence-electron chi connectivity index (χ1n) is 7.02. The Kier molecular flexibility index (Phi) is 5.64. The van der Waals surface area contributed by atoms with Gasteiger partial charge in [-0.2, -0.15) is 0 Å². The quantitative estimate of drug-likeness (QED) is 0.870. The molecule has 1 aromatic carbocycles. The fourth-order valence-electron chi connectivity index (χ4n) is 1.94. The number of nitrogens with zero attached hydrogens (tertiary/aromatic N) is 1.